The van der Waals surface area contributed by atoms with Gasteiger partial charge in [-0.25, -0.2) is 14.0 Å². The second kappa shape index (κ2) is 8.35. The van der Waals surface area contributed by atoms with Crippen molar-refractivity contribution >= 4 is 17.6 Å². The highest BCUT2D eigenvalue weighted by Gasteiger charge is 2.27. The molecule has 0 aromatic heterocycles. The van der Waals surface area contributed by atoms with Gasteiger partial charge in [0.05, 0.1) is 19.8 Å². The summed E-state index contributed by atoms with van der Waals surface area (Å²) in [6.45, 7) is 0. The van der Waals surface area contributed by atoms with Crippen molar-refractivity contribution in [2.24, 2.45) is 0 Å². The lowest BCUT2D eigenvalue weighted by atomic mass is 10.0. The Bertz CT molecular complexity index is 1010. The molecule has 1 aliphatic heterocycles. The quantitative estimate of drug-likeness (QED) is 0.752. The number of hydrogen-bond donors (Lipinski definition) is 0. The minimum atomic E-state index is -0.687. The summed E-state index contributed by atoms with van der Waals surface area (Å²) in [6, 6.07) is 13.4. The smallest absolute Gasteiger partial charge is 0.355 e. The number of hydrogen-bond acceptors (Lipinski definition) is 5. The summed E-state index contributed by atoms with van der Waals surface area (Å²) >= 11 is 0. The molecule has 2 aromatic rings. The SMILES string of the molecule is COC(=O)C1=C(C(=O)OC)N(c2cccc(-c3cccc(F)c3)c2)C=CC=C1. The second-order valence-electron chi connectivity index (χ2n) is 5.88. The average Bonchev–Trinajstić information content (AvgIpc) is 2.95. The molecule has 0 saturated carbocycles. The van der Waals surface area contributed by atoms with Crippen LogP contribution in [0.25, 0.3) is 11.1 Å². The lowest BCUT2D eigenvalue weighted by Gasteiger charge is -2.23. The third-order valence-corrected chi connectivity index (χ3v) is 4.17. The average molecular weight is 379 g/mol. The van der Waals surface area contributed by atoms with Crippen LogP contribution in [0.3, 0.4) is 0 Å². The number of halogens is 1. The topological polar surface area (TPSA) is 55.8 Å². The fourth-order valence-corrected chi connectivity index (χ4v) is 2.87. The van der Waals surface area contributed by atoms with Crippen LogP contribution in [0.2, 0.25) is 0 Å². The zero-order chi connectivity index (χ0) is 20.1. The number of carbonyl (C=O) groups is 2. The summed E-state index contributed by atoms with van der Waals surface area (Å²) < 4.78 is 23.3. The number of ether oxygens (including phenoxy) is 2. The molecule has 0 bridgehead atoms. The molecule has 0 N–H and O–H groups in total. The maximum atomic E-state index is 13.6. The van der Waals surface area contributed by atoms with Crippen LogP contribution < -0.4 is 4.90 Å². The van der Waals surface area contributed by atoms with Gasteiger partial charge in [0.15, 0.2) is 0 Å². The fourth-order valence-electron chi connectivity index (χ4n) is 2.87. The first-order valence-electron chi connectivity index (χ1n) is 8.46. The number of benzene rings is 2. The molecule has 0 atom stereocenters. The van der Waals surface area contributed by atoms with Gasteiger partial charge in [0.25, 0.3) is 0 Å². The van der Waals surface area contributed by atoms with E-state index < -0.39 is 11.9 Å². The Balaban J connectivity index is 2.14. The van der Waals surface area contributed by atoms with Gasteiger partial charge in [-0.3, -0.25) is 0 Å². The zero-order valence-corrected chi connectivity index (χ0v) is 15.4. The first kappa shape index (κ1) is 19.1. The van der Waals surface area contributed by atoms with Gasteiger partial charge in [-0.05, 0) is 47.5 Å². The second-order valence-corrected chi connectivity index (χ2v) is 5.88. The Kier molecular flexibility index (Phi) is 5.69. The molecule has 0 aliphatic carbocycles. The highest BCUT2D eigenvalue weighted by atomic mass is 19.1. The largest absolute Gasteiger partial charge is 0.465 e. The number of carbonyl (C=O) groups excluding carboxylic acids is 2. The van der Waals surface area contributed by atoms with Crippen molar-refractivity contribution in [1.82, 2.24) is 0 Å². The number of esters is 2. The standard InChI is InChI=1S/C22H18FNO4/c1-27-21(25)19-11-3-4-12-24(20(19)22(26)28-2)18-10-6-8-16(14-18)15-7-5-9-17(23)13-15/h3-14H,1-2H3. The van der Waals surface area contributed by atoms with E-state index in [1.807, 2.05) is 6.07 Å². The van der Waals surface area contributed by atoms with Crippen LogP contribution in [-0.4, -0.2) is 26.2 Å². The minimum Gasteiger partial charge on any atom is -0.465 e. The number of allylic oxidation sites excluding steroid dienone is 2. The van der Waals surface area contributed by atoms with Gasteiger partial charge < -0.3 is 14.4 Å². The Morgan fingerprint density at radius 1 is 0.893 bits per heavy atom. The van der Waals surface area contributed by atoms with Crippen LogP contribution in [-0.2, 0) is 19.1 Å². The van der Waals surface area contributed by atoms with Gasteiger partial charge in [-0.15, -0.1) is 0 Å². The van der Waals surface area contributed by atoms with Crippen LogP contribution in [0, 0.1) is 5.82 Å². The molecule has 28 heavy (non-hydrogen) atoms. The van der Waals surface area contributed by atoms with Crippen molar-refractivity contribution < 1.29 is 23.5 Å². The number of methoxy groups -OCH3 is 2. The third-order valence-electron chi connectivity index (χ3n) is 4.17. The molecule has 3 rings (SSSR count). The fraction of sp³-hybridized carbons (Fsp3) is 0.0909. The Labute approximate surface area is 162 Å². The van der Waals surface area contributed by atoms with Crippen molar-refractivity contribution in [3.05, 3.63) is 90.0 Å². The highest BCUT2D eigenvalue weighted by Crippen LogP contribution is 2.30. The summed E-state index contributed by atoms with van der Waals surface area (Å²) in [5.41, 5.74) is 2.14. The molecule has 0 radical (unpaired) electrons. The van der Waals surface area contributed by atoms with Crippen LogP contribution in [0.5, 0.6) is 0 Å². The van der Waals surface area contributed by atoms with E-state index >= 15 is 0 Å². The predicted octanol–water partition coefficient (Wildman–Crippen LogP) is 3.98. The molecule has 1 heterocycles. The maximum Gasteiger partial charge on any atom is 0.355 e. The van der Waals surface area contributed by atoms with Gasteiger partial charge in [-0.2, -0.15) is 0 Å². The summed E-state index contributed by atoms with van der Waals surface area (Å²) in [5.74, 6) is -1.69. The molecular formula is C22H18FNO4. The van der Waals surface area contributed by atoms with Crippen molar-refractivity contribution in [2.75, 3.05) is 19.1 Å². The van der Waals surface area contributed by atoms with Crippen LogP contribution in [0.15, 0.2) is 84.2 Å². The molecule has 6 heteroatoms. The number of anilines is 1. The van der Waals surface area contributed by atoms with Crippen molar-refractivity contribution in [1.29, 1.82) is 0 Å². The monoisotopic (exact) mass is 379 g/mol. The first-order valence-corrected chi connectivity index (χ1v) is 8.46. The molecule has 0 spiro atoms. The molecule has 0 amide bonds. The van der Waals surface area contributed by atoms with E-state index in [1.54, 1.807) is 53.6 Å². The number of nitrogens with zero attached hydrogens (tertiary/aromatic N) is 1. The summed E-state index contributed by atoms with van der Waals surface area (Å²) in [4.78, 5) is 26.2. The molecule has 2 aromatic carbocycles. The predicted molar refractivity (Wildman–Crippen MR) is 104 cm³/mol. The third kappa shape index (κ3) is 3.86. The highest BCUT2D eigenvalue weighted by molar-refractivity contribution is 6.05. The Morgan fingerprint density at radius 3 is 2.25 bits per heavy atom. The van der Waals surface area contributed by atoms with Crippen LogP contribution >= 0.6 is 0 Å². The molecule has 0 unspecified atom stereocenters. The molecular weight excluding hydrogens is 361 g/mol. The molecule has 5 nitrogen and oxygen atoms in total. The van der Waals surface area contributed by atoms with Gasteiger partial charge in [0.2, 0.25) is 0 Å². The van der Waals surface area contributed by atoms with E-state index in [0.29, 0.717) is 11.3 Å². The molecule has 142 valence electrons. The van der Waals surface area contributed by atoms with Crippen molar-refractivity contribution in [3.8, 4) is 11.1 Å². The van der Waals surface area contributed by atoms with Gasteiger partial charge in [-0.1, -0.05) is 30.3 Å². The van der Waals surface area contributed by atoms with E-state index in [2.05, 4.69) is 0 Å². The van der Waals surface area contributed by atoms with Crippen molar-refractivity contribution in [3.63, 3.8) is 0 Å². The van der Waals surface area contributed by atoms with Gasteiger partial charge in [0.1, 0.15) is 11.5 Å². The van der Waals surface area contributed by atoms with E-state index in [0.717, 1.165) is 5.56 Å². The van der Waals surface area contributed by atoms with Gasteiger partial charge in [0, 0.05) is 11.9 Å². The molecule has 1 aliphatic rings. The van der Waals surface area contributed by atoms with Crippen molar-refractivity contribution in [2.45, 2.75) is 0 Å². The summed E-state index contributed by atoms with van der Waals surface area (Å²) in [7, 11) is 2.48. The first-order chi connectivity index (χ1) is 13.5. The summed E-state index contributed by atoms with van der Waals surface area (Å²) in [6.07, 6.45) is 6.45. The minimum absolute atomic E-state index is 0.0238. The lowest BCUT2D eigenvalue weighted by Crippen LogP contribution is -2.26. The van der Waals surface area contributed by atoms with E-state index in [1.165, 1.54) is 32.4 Å². The van der Waals surface area contributed by atoms with E-state index in [9.17, 15) is 14.0 Å². The molecule has 0 saturated heterocycles. The summed E-state index contributed by atoms with van der Waals surface area (Å²) in [5, 5.41) is 0. The van der Waals surface area contributed by atoms with Gasteiger partial charge >= 0.3 is 11.9 Å². The normalized spacial score (nSPS) is 13.3. The Hall–Kier alpha value is -3.67. The lowest BCUT2D eigenvalue weighted by molar-refractivity contribution is -0.139. The van der Waals surface area contributed by atoms with E-state index in [4.69, 9.17) is 9.47 Å². The zero-order valence-electron chi connectivity index (χ0n) is 15.4. The Morgan fingerprint density at radius 2 is 1.57 bits per heavy atom. The van der Waals surface area contributed by atoms with Crippen LogP contribution in [0.1, 0.15) is 0 Å². The maximum absolute atomic E-state index is 13.6. The van der Waals surface area contributed by atoms with E-state index in [-0.39, 0.29) is 17.1 Å². The molecule has 0 fully saturated rings. The number of rotatable bonds is 4. The van der Waals surface area contributed by atoms with Crippen LogP contribution in [0.4, 0.5) is 10.1 Å².